The molecule has 0 aliphatic rings. The van der Waals surface area contributed by atoms with Gasteiger partial charge < -0.3 is 11.1 Å². The van der Waals surface area contributed by atoms with Crippen molar-refractivity contribution in [2.24, 2.45) is 11.1 Å². The van der Waals surface area contributed by atoms with Crippen LogP contribution in [0.5, 0.6) is 0 Å². The van der Waals surface area contributed by atoms with Gasteiger partial charge in [0.25, 0.3) is 0 Å². The average molecular weight is 267 g/mol. The maximum Gasteiger partial charge on any atom is 0.232 e. The van der Waals surface area contributed by atoms with E-state index in [-0.39, 0.29) is 23.2 Å². The van der Waals surface area contributed by atoms with Crippen molar-refractivity contribution in [3.8, 4) is 0 Å². The molecule has 0 bridgehead atoms. The molecule has 0 aliphatic heterocycles. The summed E-state index contributed by atoms with van der Waals surface area (Å²) in [5, 5.41) is 2.47. The zero-order chi connectivity index (χ0) is 13.0. The van der Waals surface area contributed by atoms with Crippen LogP contribution in [-0.4, -0.2) is 38.7 Å². The molecule has 4 N–H and O–H groups in total. The first-order valence-corrected chi connectivity index (χ1v) is 6.69. The van der Waals surface area contributed by atoms with E-state index in [0.29, 0.717) is 0 Å². The van der Waals surface area contributed by atoms with Crippen LogP contribution in [0.3, 0.4) is 0 Å². The van der Waals surface area contributed by atoms with Crippen LogP contribution in [0.1, 0.15) is 13.8 Å². The Hall–Kier alpha value is -0.730. The van der Waals surface area contributed by atoms with Crippen LogP contribution in [0.15, 0.2) is 0 Å². The standard InChI is InChI=1S/C8H17N3O3S2/c1-8(2,6(9)15)7(12)11-4-5-16(13,14)10-3/h10H,4-5H2,1-3H3,(H2,9,15)(H,11,12). The summed E-state index contributed by atoms with van der Waals surface area (Å²) in [7, 11) is -1.99. The second-order valence-electron chi connectivity index (χ2n) is 3.77. The number of nitrogens with two attached hydrogens (primary N) is 1. The maximum absolute atomic E-state index is 11.6. The SMILES string of the molecule is CNS(=O)(=O)CCNC(=O)C(C)(C)C(N)=S. The van der Waals surface area contributed by atoms with Crippen LogP contribution >= 0.6 is 12.2 Å². The minimum Gasteiger partial charge on any atom is -0.392 e. The first-order chi connectivity index (χ1) is 7.13. The van der Waals surface area contributed by atoms with Crippen LogP contribution in [0.4, 0.5) is 0 Å². The van der Waals surface area contributed by atoms with Gasteiger partial charge in [0.2, 0.25) is 15.9 Å². The minimum absolute atomic E-state index is 0.0219. The highest BCUT2D eigenvalue weighted by Crippen LogP contribution is 2.14. The number of thiocarbonyl (C=S) groups is 1. The van der Waals surface area contributed by atoms with Gasteiger partial charge in [-0.05, 0) is 20.9 Å². The summed E-state index contributed by atoms with van der Waals surface area (Å²) in [6.07, 6.45) is 0. The Kier molecular flexibility index (Phi) is 5.30. The molecule has 16 heavy (non-hydrogen) atoms. The van der Waals surface area contributed by atoms with E-state index < -0.39 is 15.4 Å². The van der Waals surface area contributed by atoms with Gasteiger partial charge in [0.1, 0.15) is 0 Å². The second kappa shape index (κ2) is 5.55. The highest BCUT2D eigenvalue weighted by atomic mass is 32.2. The van der Waals surface area contributed by atoms with Gasteiger partial charge in [-0.25, -0.2) is 13.1 Å². The van der Waals surface area contributed by atoms with E-state index in [1.807, 2.05) is 0 Å². The fourth-order valence-corrected chi connectivity index (χ4v) is 1.40. The van der Waals surface area contributed by atoms with E-state index >= 15 is 0 Å². The average Bonchev–Trinajstić information content (AvgIpc) is 2.17. The third kappa shape index (κ3) is 4.42. The predicted molar refractivity (Wildman–Crippen MR) is 66.4 cm³/mol. The van der Waals surface area contributed by atoms with E-state index in [2.05, 4.69) is 10.0 Å². The van der Waals surface area contributed by atoms with Crippen LogP contribution in [0, 0.1) is 5.41 Å². The van der Waals surface area contributed by atoms with Gasteiger partial charge in [-0.15, -0.1) is 0 Å². The lowest BCUT2D eigenvalue weighted by Crippen LogP contribution is -2.46. The van der Waals surface area contributed by atoms with Crippen molar-refractivity contribution in [1.82, 2.24) is 10.0 Å². The highest BCUT2D eigenvalue weighted by Gasteiger charge is 2.30. The summed E-state index contributed by atoms with van der Waals surface area (Å²) in [5.74, 6) is -0.561. The third-order valence-corrected chi connectivity index (χ3v) is 4.02. The molecule has 0 saturated heterocycles. The summed E-state index contributed by atoms with van der Waals surface area (Å²) < 4.78 is 24.2. The van der Waals surface area contributed by atoms with Crippen LogP contribution < -0.4 is 15.8 Å². The van der Waals surface area contributed by atoms with Gasteiger partial charge in [0.05, 0.1) is 16.2 Å². The molecule has 0 rings (SSSR count). The number of carbonyl (C=O) groups is 1. The largest absolute Gasteiger partial charge is 0.392 e. The number of nitrogens with one attached hydrogen (secondary N) is 2. The Balaban J connectivity index is 4.25. The summed E-state index contributed by atoms with van der Waals surface area (Å²) in [5.41, 5.74) is 4.42. The predicted octanol–water partition coefficient (Wildman–Crippen LogP) is -1.04. The molecule has 0 aliphatic carbocycles. The molecule has 0 aromatic carbocycles. The molecule has 6 nitrogen and oxygen atoms in total. The molecule has 0 unspecified atom stereocenters. The number of hydrogen-bond donors (Lipinski definition) is 3. The lowest BCUT2D eigenvalue weighted by Gasteiger charge is -2.21. The van der Waals surface area contributed by atoms with E-state index in [9.17, 15) is 13.2 Å². The Labute approximate surface area is 101 Å². The van der Waals surface area contributed by atoms with Crippen molar-refractivity contribution in [2.45, 2.75) is 13.8 Å². The monoisotopic (exact) mass is 267 g/mol. The molecule has 0 atom stereocenters. The van der Waals surface area contributed by atoms with Crippen molar-refractivity contribution in [3.05, 3.63) is 0 Å². The van der Waals surface area contributed by atoms with E-state index in [0.717, 1.165) is 0 Å². The Morgan fingerprint density at radius 2 is 1.94 bits per heavy atom. The summed E-state index contributed by atoms with van der Waals surface area (Å²) >= 11 is 4.74. The molecule has 0 fully saturated rings. The van der Waals surface area contributed by atoms with E-state index in [1.165, 1.54) is 7.05 Å². The van der Waals surface area contributed by atoms with Gasteiger partial charge in [0.15, 0.2) is 0 Å². The third-order valence-electron chi connectivity index (χ3n) is 2.15. The molecule has 94 valence electrons. The molecule has 0 aromatic rings. The molecular formula is C8H17N3O3S2. The number of carbonyl (C=O) groups excluding carboxylic acids is 1. The van der Waals surface area contributed by atoms with Gasteiger partial charge in [-0.1, -0.05) is 12.2 Å². The first kappa shape index (κ1) is 15.3. The van der Waals surface area contributed by atoms with E-state index in [1.54, 1.807) is 13.8 Å². The van der Waals surface area contributed by atoms with Gasteiger partial charge >= 0.3 is 0 Å². The number of hydrogen-bond acceptors (Lipinski definition) is 4. The van der Waals surface area contributed by atoms with Crippen LogP contribution in [0.25, 0.3) is 0 Å². The van der Waals surface area contributed by atoms with Gasteiger partial charge in [-0.3, -0.25) is 4.79 Å². The van der Waals surface area contributed by atoms with Gasteiger partial charge in [-0.2, -0.15) is 0 Å². The minimum atomic E-state index is -3.31. The molecule has 0 aromatic heterocycles. The number of sulfonamides is 1. The van der Waals surface area contributed by atoms with Crippen molar-refractivity contribution < 1.29 is 13.2 Å². The van der Waals surface area contributed by atoms with Gasteiger partial charge in [0, 0.05) is 6.54 Å². The molecule has 0 spiro atoms. The number of rotatable bonds is 6. The summed E-state index contributed by atoms with van der Waals surface area (Å²) in [4.78, 5) is 11.7. The fourth-order valence-electron chi connectivity index (χ4n) is 0.734. The zero-order valence-electron chi connectivity index (χ0n) is 9.53. The molecule has 1 amide bonds. The quantitative estimate of drug-likeness (QED) is 0.534. The normalized spacial score (nSPS) is 12.2. The first-order valence-electron chi connectivity index (χ1n) is 4.63. The molecule has 0 saturated carbocycles. The Bertz CT molecular complexity index is 376. The maximum atomic E-state index is 11.6. The van der Waals surface area contributed by atoms with Crippen molar-refractivity contribution >= 4 is 33.1 Å². The van der Waals surface area contributed by atoms with Crippen LogP contribution in [0.2, 0.25) is 0 Å². The summed E-state index contributed by atoms with van der Waals surface area (Å²) in [6, 6.07) is 0. The molecular weight excluding hydrogens is 250 g/mol. The zero-order valence-corrected chi connectivity index (χ0v) is 11.2. The highest BCUT2D eigenvalue weighted by molar-refractivity contribution is 7.89. The summed E-state index contributed by atoms with van der Waals surface area (Å²) in [6.45, 7) is 3.18. The Morgan fingerprint density at radius 1 is 1.44 bits per heavy atom. The second-order valence-corrected chi connectivity index (χ2v) is 6.25. The topological polar surface area (TPSA) is 101 Å². The van der Waals surface area contributed by atoms with Crippen molar-refractivity contribution in [2.75, 3.05) is 19.3 Å². The lowest BCUT2D eigenvalue weighted by molar-refractivity contribution is -0.126. The smallest absolute Gasteiger partial charge is 0.232 e. The molecule has 8 heteroatoms. The lowest BCUT2D eigenvalue weighted by atomic mass is 9.92. The number of amides is 1. The molecule has 0 radical (unpaired) electrons. The van der Waals surface area contributed by atoms with Crippen LogP contribution in [-0.2, 0) is 14.8 Å². The fraction of sp³-hybridized carbons (Fsp3) is 0.750. The Morgan fingerprint density at radius 3 is 2.31 bits per heavy atom. The van der Waals surface area contributed by atoms with Crippen molar-refractivity contribution in [3.63, 3.8) is 0 Å². The van der Waals surface area contributed by atoms with E-state index in [4.69, 9.17) is 18.0 Å². The molecule has 0 heterocycles. The van der Waals surface area contributed by atoms with Crippen molar-refractivity contribution in [1.29, 1.82) is 0 Å².